The van der Waals surface area contributed by atoms with Crippen molar-refractivity contribution in [3.05, 3.63) is 33.8 Å². The first-order valence-corrected chi connectivity index (χ1v) is 7.07. The number of aliphatic carboxylic acids is 1. The van der Waals surface area contributed by atoms with Crippen molar-refractivity contribution in [3.63, 3.8) is 0 Å². The lowest BCUT2D eigenvalue weighted by Gasteiger charge is -2.10. The fourth-order valence-electron chi connectivity index (χ4n) is 1.29. The molecule has 0 spiro atoms. The molecule has 0 fully saturated rings. The van der Waals surface area contributed by atoms with Crippen LogP contribution in [0.1, 0.15) is 18.9 Å². The van der Waals surface area contributed by atoms with Crippen molar-refractivity contribution in [2.75, 3.05) is 0 Å². The SMILES string of the molecule is CC(CC(=O)O)S(=O)Cc1cccc(Cl)c1Cl. The predicted molar refractivity (Wildman–Crippen MR) is 70.0 cm³/mol. The molecule has 1 N–H and O–H groups in total. The van der Waals surface area contributed by atoms with Gasteiger partial charge in [0.1, 0.15) is 0 Å². The molecule has 0 radical (unpaired) electrons. The quantitative estimate of drug-likeness (QED) is 0.908. The van der Waals surface area contributed by atoms with E-state index in [1.54, 1.807) is 25.1 Å². The van der Waals surface area contributed by atoms with Crippen molar-refractivity contribution in [1.29, 1.82) is 0 Å². The first kappa shape index (κ1) is 14.5. The Kier molecular flexibility index (Phi) is 5.43. The van der Waals surface area contributed by atoms with Crippen LogP contribution < -0.4 is 0 Å². The molecule has 0 aliphatic carbocycles. The van der Waals surface area contributed by atoms with Gasteiger partial charge in [0.2, 0.25) is 0 Å². The largest absolute Gasteiger partial charge is 0.481 e. The predicted octanol–water partition coefficient (Wildman–Crippen LogP) is 3.11. The Balaban J connectivity index is 2.74. The Morgan fingerprint density at radius 2 is 2.12 bits per heavy atom. The summed E-state index contributed by atoms with van der Waals surface area (Å²) < 4.78 is 11.9. The van der Waals surface area contributed by atoms with Gasteiger partial charge in [-0.1, -0.05) is 42.3 Å². The minimum atomic E-state index is -1.28. The first-order chi connectivity index (χ1) is 7.91. The Hall–Kier alpha value is -0.580. The van der Waals surface area contributed by atoms with Gasteiger partial charge in [0.05, 0.1) is 22.2 Å². The minimum Gasteiger partial charge on any atom is -0.481 e. The van der Waals surface area contributed by atoms with E-state index in [-0.39, 0.29) is 12.2 Å². The second-order valence-electron chi connectivity index (χ2n) is 3.65. The fraction of sp³-hybridized carbons (Fsp3) is 0.364. The molecular weight excluding hydrogens is 283 g/mol. The molecule has 2 atom stereocenters. The van der Waals surface area contributed by atoms with Gasteiger partial charge in [-0.2, -0.15) is 0 Å². The number of halogens is 2. The smallest absolute Gasteiger partial charge is 0.304 e. The van der Waals surface area contributed by atoms with E-state index < -0.39 is 22.0 Å². The average Bonchev–Trinajstić information content (AvgIpc) is 2.23. The molecule has 0 bridgehead atoms. The molecule has 17 heavy (non-hydrogen) atoms. The molecule has 0 saturated heterocycles. The molecule has 0 heterocycles. The zero-order chi connectivity index (χ0) is 13.0. The lowest BCUT2D eigenvalue weighted by Crippen LogP contribution is -2.17. The molecule has 0 aliphatic heterocycles. The molecule has 2 unspecified atom stereocenters. The van der Waals surface area contributed by atoms with Gasteiger partial charge in [0.15, 0.2) is 0 Å². The van der Waals surface area contributed by atoms with E-state index in [2.05, 4.69) is 0 Å². The monoisotopic (exact) mass is 294 g/mol. The minimum absolute atomic E-state index is 0.120. The maximum Gasteiger partial charge on any atom is 0.304 e. The molecular formula is C11H12Cl2O3S. The van der Waals surface area contributed by atoms with Gasteiger partial charge < -0.3 is 5.11 Å². The van der Waals surface area contributed by atoms with Crippen LogP contribution in [0.15, 0.2) is 18.2 Å². The van der Waals surface area contributed by atoms with Crippen LogP contribution in [0, 0.1) is 0 Å². The van der Waals surface area contributed by atoms with Crippen molar-refractivity contribution in [1.82, 2.24) is 0 Å². The summed E-state index contributed by atoms with van der Waals surface area (Å²) in [5.41, 5.74) is 0.676. The third-order valence-corrected chi connectivity index (χ3v) is 4.76. The molecule has 0 amide bonds. The lowest BCUT2D eigenvalue weighted by atomic mass is 10.2. The fourth-order valence-corrected chi connectivity index (χ4v) is 2.92. The standard InChI is InChI=1S/C11H12Cl2O3S/c1-7(5-10(14)15)17(16)6-8-3-2-4-9(12)11(8)13/h2-4,7H,5-6H2,1H3,(H,14,15). The van der Waals surface area contributed by atoms with Gasteiger partial charge in [-0.15, -0.1) is 0 Å². The van der Waals surface area contributed by atoms with Gasteiger partial charge in [-0.25, -0.2) is 0 Å². The number of hydrogen-bond donors (Lipinski definition) is 1. The molecule has 1 aromatic carbocycles. The molecule has 0 aliphatic rings. The molecule has 3 nitrogen and oxygen atoms in total. The van der Waals surface area contributed by atoms with E-state index in [9.17, 15) is 9.00 Å². The summed E-state index contributed by atoms with van der Waals surface area (Å²) in [5, 5.41) is 8.99. The average molecular weight is 295 g/mol. The maximum atomic E-state index is 11.9. The molecule has 0 aromatic heterocycles. The van der Waals surface area contributed by atoms with E-state index in [4.69, 9.17) is 28.3 Å². The normalized spacial score (nSPS) is 14.3. The van der Waals surface area contributed by atoms with Crippen molar-refractivity contribution in [2.45, 2.75) is 24.3 Å². The Labute approximate surface area is 112 Å². The number of benzene rings is 1. The van der Waals surface area contributed by atoms with Crippen LogP contribution in [0.4, 0.5) is 0 Å². The first-order valence-electron chi connectivity index (χ1n) is 4.93. The summed E-state index contributed by atoms with van der Waals surface area (Å²) in [5.74, 6) is -0.739. The number of rotatable bonds is 5. The van der Waals surface area contributed by atoms with Crippen LogP contribution >= 0.6 is 23.2 Å². The van der Waals surface area contributed by atoms with Gasteiger partial charge in [-0.3, -0.25) is 9.00 Å². The van der Waals surface area contributed by atoms with E-state index in [1.807, 2.05) is 0 Å². The molecule has 1 rings (SSSR count). The Morgan fingerprint density at radius 3 is 2.71 bits per heavy atom. The zero-order valence-corrected chi connectivity index (χ0v) is 11.5. The van der Waals surface area contributed by atoms with E-state index in [0.717, 1.165) is 0 Å². The second kappa shape index (κ2) is 6.38. The molecule has 1 aromatic rings. The van der Waals surface area contributed by atoms with Crippen molar-refractivity contribution < 1.29 is 14.1 Å². The molecule has 94 valence electrons. The molecule has 0 saturated carbocycles. The number of hydrogen-bond acceptors (Lipinski definition) is 2. The third-order valence-electron chi connectivity index (χ3n) is 2.24. The van der Waals surface area contributed by atoms with Crippen LogP contribution in [0.5, 0.6) is 0 Å². The van der Waals surface area contributed by atoms with Crippen LogP contribution in [-0.2, 0) is 21.3 Å². The van der Waals surface area contributed by atoms with Crippen LogP contribution in [-0.4, -0.2) is 20.5 Å². The summed E-state index contributed by atoms with van der Waals surface area (Å²) in [7, 11) is -1.28. The van der Waals surface area contributed by atoms with Gasteiger partial charge in [0, 0.05) is 16.0 Å². The molecule has 6 heteroatoms. The van der Waals surface area contributed by atoms with Gasteiger partial charge >= 0.3 is 5.97 Å². The van der Waals surface area contributed by atoms with Crippen LogP contribution in [0.25, 0.3) is 0 Å². The topological polar surface area (TPSA) is 54.4 Å². The number of carboxylic acid groups (broad SMARTS) is 1. The summed E-state index contributed by atoms with van der Waals surface area (Å²) in [6.07, 6.45) is -0.120. The van der Waals surface area contributed by atoms with Crippen molar-refractivity contribution >= 4 is 40.0 Å². The van der Waals surface area contributed by atoms with E-state index >= 15 is 0 Å². The van der Waals surface area contributed by atoms with Gasteiger partial charge in [0.25, 0.3) is 0 Å². The maximum absolute atomic E-state index is 11.9. The summed E-state index contributed by atoms with van der Waals surface area (Å²) in [4.78, 5) is 10.5. The van der Waals surface area contributed by atoms with Crippen molar-refractivity contribution in [3.8, 4) is 0 Å². The highest BCUT2D eigenvalue weighted by Crippen LogP contribution is 2.27. The highest BCUT2D eigenvalue weighted by Gasteiger charge is 2.17. The zero-order valence-electron chi connectivity index (χ0n) is 9.15. The number of carboxylic acids is 1. The Bertz CT molecular complexity index is 448. The van der Waals surface area contributed by atoms with E-state index in [1.165, 1.54) is 0 Å². The lowest BCUT2D eigenvalue weighted by molar-refractivity contribution is -0.136. The highest BCUT2D eigenvalue weighted by atomic mass is 35.5. The summed E-state index contributed by atoms with van der Waals surface area (Å²) in [6, 6.07) is 5.11. The van der Waals surface area contributed by atoms with Gasteiger partial charge in [-0.05, 0) is 11.6 Å². The third kappa shape index (κ3) is 4.30. The van der Waals surface area contributed by atoms with E-state index in [0.29, 0.717) is 15.6 Å². The summed E-state index contributed by atoms with van der Waals surface area (Å²) in [6.45, 7) is 1.64. The second-order valence-corrected chi connectivity index (χ2v) is 6.29. The Morgan fingerprint density at radius 1 is 1.47 bits per heavy atom. The van der Waals surface area contributed by atoms with Crippen LogP contribution in [0.2, 0.25) is 10.0 Å². The van der Waals surface area contributed by atoms with Crippen LogP contribution in [0.3, 0.4) is 0 Å². The van der Waals surface area contributed by atoms with Crippen molar-refractivity contribution in [2.24, 2.45) is 0 Å². The number of carbonyl (C=O) groups is 1. The highest BCUT2D eigenvalue weighted by molar-refractivity contribution is 7.84. The summed E-state index contributed by atoms with van der Waals surface area (Å²) >= 11 is 11.8.